The molecule has 0 heterocycles. The van der Waals surface area contributed by atoms with Crippen LogP contribution in [-0.2, 0) is 9.53 Å². The van der Waals surface area contributed by atoms with Crippen LogP contribution in [0.4, 0.5) is 0 Å². The predicted molar refractivity (Wildman–Crippen MR) is 96.1 cm³/mol. The van der Waals surface area contributed by atoms with E-state index in [9.17, 15) is 4.79 Å². The molecule has 132 valence electrons. The highest BCUT2D eigenvalue weighted by atomic mass is 16.5. The van der Waals surface area contributed by atoms with Gasteiger partial charge in [0.2, 0.25) is 0 Å². The Labute approximate surface area is 139 Å². The zero-order valence-electron chi connectivity index (χ0n) is 15.5. The highest BCUT2D eigenvalue weighted by Gasteiger charge is 2.02. The first-order valence-corrected chi connectivity index (χ1v) is 9.82. The van der Waals surface area contributed by atoms with Gasteiger partial charge < -0.3 is 4.74 Å². The van der Waals surface area contributed by atoms with Gasteiger partial charge in [-0.1, -0.05) is 91.4 Å². The lowest BCUT2D eigenvalue weighted by Gasteiger charge is -2.06. The first kappa shape index (κ1) is 21.5. The van der Waals surface area contributed by atoms with Crippen LogP contribution in [0.25, 0.3) is 0 Å². The molecule has 0 aliphatic carbocycles. The zero-order valence-corrected chi connectivity index (χ0v) is 15.5. The summed E-state index contributed by atoms with van der Waals surface area (Å²) in [6.45, 7) is 7.43. The van der Waals surface area contributed by atoms with Gasteiger partial charge in [0.15, 0.2) is 0 Å². The smallest absolute Gasteiger partial charge is 0.305 e. The van der Waals surface area contributed by atoms with Gasteiger partial charge in [-0.05, 0) is 18.8 Å². The van der Waals surface area contributed by atoms with E-state index in [0.29, 0.717) is 13.0 Å². The molecule has 0 bridgehead atoms. The Bertz CT molecular complexity index is 236. The largest absolute Gasteiger partial charge is 0.466 e. The van der Waals surface area contributed by atoms with Gasteiger partial charge in [-0.3, -0.25) is 4.79 Å². The van der Waals surface area contributed by atoms with Gasteiger partial charge in [-0.25, -0.2) is 0 Å². The minimum atomic E-state index is 0.00756. The van der Waals surface area contributed by atoms with E-state index >= 15 is 0 Å². The van der Waals surface area contributed by atoms with Crippen molar-refractivity contribution < 1.29 is 9.53 Å². The molecule has 0 unspecified atom stereocenters. The number of ether oxygens (including phenoxy) is 1. The average Bonchev–Trinajstić information content (AvgIpc) is 2.48. The number of rotatable bonds is 16. The molecular formula is C20H40O2. The molecule has 0 amide bonds. The summed E-state index contributed by atoms with van der Waals surface area (Å²) in [6.07, 6.45) is 16.9. The van der Waals surface area contributed by atoms with Crippen LogP contribution in [-0.4, -0.2) is 12.6 Å². The fourth-order valence-corrected chi connectivity index (χ4v) is 2.67. The lowest BCUT2D eigenvalue weighted by molar-refractivity contribution is -0.143. The standard InChI is InChI=1S/C20H40O2/c1-4-5-6-7-8-12-15-18-22-20(21)17-14-11-9-10-13-16-19(2)3/h19H,4-18H2,1-3H3. The molecule has 0 aliphatic rings. The molecule has 0 saturated carbocycles. The van der Waals surface area contributed by atoms with Crippen LogP contribution < -0.4 is 0 Å². The SMILES string of the molecule is CCCCCCCCCOC(=O)CCCCCCCC(C)C. The number of hydrogen-bond acceptors (Lipinski definition) is 2. The third kappa shape index (κ3) is 17.5. The Hall–Kier alpha value is -0.530. The molecule has 2 nitrogen and oxygen atoms in total. The molecule has 0 aromatic carbocycles. The predicted octanol–water partition coefficient (Wildman–Crippen LogP) is 6.67. The molecule has 0 N–H and O–H groups in total. The summed E-state index contributed by atoms with van der Waals surface area (Å²) >= 11 is 0. The van der Waals surface area contributed by atoms with Crippen molar-refractivity contribution in [2.75, 3.05) is 6.61 Å². The van der Waals surface area contributed by atoms with Gasteiger partial charge >= 0.3 is 5.97 Å². The molecule has 0 rings (SSSR count). The van der Waals surface area contributed by atoms with Crippen LogP contribution in [0.3, 0.4) is 0 Å². The fraction of sp³-hybridized carbons (Fsp3) is 0.950. The van der Waals surface area contributed by atoms with Crippen molar-refractivity contribution in [1.82, 2.24) is 0 Å². The van der Waals surface area contributed by atoms with E-state index in [4.69, 9.17) is 4.74 Å². The maximum atomic E-state index is 11.6. The third-order valence-electron chi connectivity index (χ3n) is 4.17. The summed E-state index contributed by atoms with van der Waals surface area (Å²) in [5.41, 5.74) is 0. The Balaban J connectivity index is 3.16. The van der Waals surface area contributed by atoms with Gasteiger partial charge in [-0.2, -0.15) is 0 Å². The van der Waals surface area contributed by atoms with Gasteiger partial charge in [0, 0.05) is 6.42 Å². The minimum Gasteiger partial charge on any atom is -0.466 e. The van der Waals surface area contributed by atoms with E-state index in [0.717, 1.165) is 18.8 Å². The van der Waals surface area contributed by atoms with Crippen LogP contribution in [0.5, 0.6) is 0 Å². The summed E-state index contributed by atoms with van der Waals surface area (Å²) in [6, 6.07) is 0. The second kappa shape index (κ2) is 16.8. The van der Waals surface area contributed by atoms with E-state index < -0.39 is 0 Å². The van der Waals surface area contributed by atoms with Gasteiger partial charge in [0.25, 0.3) is 0 Å². The first-order chi connectivity index (χ1) is 10.7. The van der Waals surface area contributed by atoms with Crippen molar-refractivity contribution in [3.63, 3.8) is 0 Å². The zero-order chi connectivity index (χ0) is 16.5. The molecule has 0 fully saturated rings. The quantitative estimate of drug-likeness (QED) is 0.235. The minimum absolute atomic E-state index is 0.00756. The maximum absolute atomic E-state index is 11.6. The van der Waals surface area contributed by atoms with Crippen LogP contribution >= 0.6 is 0 Å². The molecular weight excluding hydrogens is 272 g/mol. The Morgan fingerprint density at radius 3 is 1.95 bits per heavy atom. The topological polar surface area (TPSA) is 26.3 Å². The lowest BCUT2D eigenvalue weighted by atomic mass is 10.0. The fourth-order valence-electron chi connectivity index (χ4n) is 2.67. The summed E-state index contributed by atoms with van der Waals surface area (Å²) in [7, 11) is 0. The Kier molecular flexibility index (Phi) is 16.4. The number of carbonyl (C=O) groups is 1. The molecule has 0 aromatic rings. The summed E-state index contributed by atoms with van der Waals surface area (Å²) in [4.78, 5) is 11.6. The van der Waals surface area contributed by atoms with Gasteiger partial charge in [-0.15, -0.1) is 0 Å². The van der Waals surface area contributed by atoms with Crippen molar-refractivity contribution in [1.29, 1.82) is 0 Å². The van der Waals surface area contributed by atoms with E-state index in [2.05, 4.69) is 20.8 Å². The van der Waals surface area contributed by atoms with E-state index in [1.54, 1.807) is 0 Å². The molecule has 0 radical (unpaired) electrons. The highest BCUT2D eigenvalue weighted by Crippen LogP contribution is 2.12. The Morgan fingerprint density at radius 2 is 1.32 bits per heavy atom. The van der Waals surface area contributed by atoms with Crippen molar-refractivity contribution in [3.05, 3.63) is 0 Å². The second-order valence-corrected chi connectivity index (χ2v) is 7.04. The molecule has 0 saturated heterocycles. The number of hydrogen-bond donors (Lipinski definition) is 0. The highest BCUT2D eigenvalue weighted by molar-refractivity contribution is 5.69. The molecule has 2 heteroatoms. The summed E-state index contributed by atoms with van der Waals surface area (Å²) in [5, 5.41) is 0. The summed E-state index contributed by atoms with van der Waals surface area (Å²) in [5.74, 6) is 0.829. The van der Waals surface area contributed by atoms with Crippen LogP contribution in [0.2, 0.25) is 0 Å². The van der Waals surface area contributed by atoms with Crippen molar-refractivity contribution in [2.45, 2.75) is 111 Å². The first-order valence-electron chi connectivity index (χ1n) is 9.82. The van der Waals surface area contributed by atoms with Crippen molar-refractivity contribution >= 4 is 5.97 Å². The monoisotopic (exact) mass is 312 g/mol. The van der Waals surface area contributed by atoms with E-state index in [1.165, 1.54) is 70.6 Å². The Morgan fingerprint density at radius 1 is 0.773 bits per heavy atom. The van der Waals surface area contributed by atoms with Crippen LogP contribution in [0.1, 0.15) is 111 Å². The van der Waals surface area contributed by atoms with Gasteiger partial charge in [0.1, 0.15) is 0 Å². The van der Waals surface area contributed by atoms with Gasteiger partial charge in [0.05, 0.1) is 6.61 Å². The average molecular weight is 313 g/mol. The molecule has 0 atom stereocenters. The lowest BCUT2D eigenvalue weighted by Crippen LogP contribution is -2.05. The summed E-state index contributed by atoms with van der Waals surface area (Å²) < 4.78 is 5.29. The normalized spacial score (nSPS) is 11.1. The van der Waals surface area contributed by atoms with E-state index in [-0.39, 0.29) is 5.97 Å². The maximum Gasteiger partial charge on any atom is 0.305 e. The molecule has 0 aromatic heterocycles. The van der Waals surface area contributed by atoms with Crippen molar-refractivity contribution in [3.8, 4) is 0 Å². The molecule has 22 heavy (non-hydrogen) atoms. The number of esters is 1. The van der Waals surface area contributed by atoms with E-state index in [1.807, 2.05) is 0 Å². The second-order valence-electron chi connectivity index (χ2n) is 7.04. The third-order valence-corrected chi connectivity index (χ3v) is 4.17. The molecule has 0 aliphatic heterocycles. The number of unbranched alkanes of at least 4 members (excludes halogenated alkanes) is 10. The van der Waals surface area contributed by atoms with Crippen LogP contribution in [0.15, 0.2) is 0 Å². The number of carbonyl (C=O) groups excluding carboxylic acids is 1. The van der Waals surface area contributed by atoms with Crippen LogP contribution in [0, 0.1) is 5.92 Å². The molecule has 0 spiro atoms. The van der Waals surface area contributed by atoms with Crippen molar-refractivity contribution in [2.24, 2.45) is 5.92 Å².